The molecule has 0 spiro atoms. The van der Waals surface area contributed by atoms with Crippen molar-refractivity contribution >= 4 is 34.5 Å². The van der Waals surface area contributed by atoms with Crippen molar-refractivity contribution in [1.29, 1.82) is 0 Å². The number of amides is 2. The predicted octanol–water partition coefficient (Wildman–Crippen LogP) is 3.78. The maximum absolute atomic E-state index is 14.9. The van der Waals surface area contributed by atoms with Gasteiger partial charge in [0.15, 0.2) is 4.90 Å². The molecule has 0 radical (unpaired) electrons. The number of alkyl halides is 2. The molecule has 29 heavy (non-hydrogen) atoms. The zero-order valence-corrected chi connectivity index (χ0v) is 17.1. The molecule has 1 aromatic heterocycles. The summed E-state index contributed by atoms with van der Waals surface area (Å²) in [6.07, 6.45) is 2.85. The van der Waals surface area contributed by atoms with Crippen molar-refractivity contribution in [2.24, 2.45) is 5.92 Å². The number of anilines is 1. The molecule has 1 saturated heterocycles. The Morgan fingerprint density at radius 1 is 1.34 bits per heavy atom. The molecule has 1 fully saturated rings. The second-order valence-corrected chi connectivity index (χ2v) is 8.33. The number of carbonyl (C=O) groups is 1. The molecule has 1 unspecified atom stereocenters. The van der Waals surface area contributed by atoms with Crippen molar-refractivity contribution < 1.29 is 22.9 Å². The number of aromatic nitrogens is 2. The summed E-state index contributed by atoms with van der Waals surface area (Å²) < 4.78 is 47.5. The van der Waals surface area contributed by atoms with Gasteiger partial charge in [0, 0.05) is 13.1 Å². The second kappa shape index (κ2) is 9.10. The Bertz CT molecular complexity index is 854. The number of rotatable bonds is 5. The predicted molar refractivity (Wildman–Crippen MR) is 105 cm³/mol. The highest BCUT2D eigenvalue weighted by Crippen LogP contribution is 2.44. The summed E-state index contributed by atoms with van der Waals surface area (Å²) >= 11 is 3.42. The van der Waals surface area contributed by atoms with E-state index in [0.717, 1.165) is 0 Å². The average molecular weight is 445 g/mol. The van der Waals surface area contributed by atoms with E-state index in [1.165, 1.54) is 42.6 Å². The van der Waals surface area contributed by atoms with Crippen molar-refractivity contribution in [3.05, 3.63) is 41.7 Å². The summed E-state index contributed by atoms with van der Waals surface area (Å²) in [5.41, 5.74) is 0.464. The molecular weight excluding hydrogens is 426 g/mol. The van der Waals surface area contributed by atoms with Gasteiger partial charge in [0.05, 0.1) is 42.3 Å². The van der Waals surface area contributed by atoms with Crippen LogP contribution in [0.2, 0.25) is 5.02 Å². The molecule has 1 aliphatic rings. The Kier molecular flexibility index (Phi) is 6.76. The third-order valence-corrected chi connectivity index (χ3v) is 6.76. The molecular formula is C18H19ClF2N4O3S. The monoisotopic (exact) mass is 444 g/mol. The Morgan fingerprint density at radius 3 is 2.69 bits per heavy atom. The Hall–Kier alpha value is -2.17. The number of piperidine rings is 1. The van der Waals surface area contributed by atoms with Crippen molar-refractivity contribution in [3.63, 3.8) is 0 Å². The molecule has 2 aromatic rings. The Balaban J connectivity index is 1.64. The summed E-state index contributed by atoms with van der Waals surface area (Å²) in [7, 11) is 1.36. The van der Waals surface area contributed by atoms with E-state index in [1.54, 1.807) is 6.07 Å². The standard InChI is InChI=1S/C18H19ClF2N4O3S/c1-28-14-3-2-4-15(16(14)19)29(27)18(20,21)12-6-9-25(10-7-12)17(26)24-13-5-8-22-23-11-13/h2-5,8,11-12H,6-7,9-10H2,1H3,(H,22,24,26). The number of benzene rings is 1. The van der Waals surface area contributed by atoms with Crippen molar-refractivity contribution in [1.82, 2.24) is 15.1 Å². The molecule has 11 heteroatoms. The molecule has 1 atom stereocenters. The van der Waals surface area contributed by atoms with Gasteiger partial charge in [-0.2, -0.15) is 19.0 Å². The van der Waals surface area contributed by atoms with E-state index >= 15 is 0 Å². The van der Waals surface area contributed by atoms with Gasteiger partial charge >= 0.3 is 11.3 Å². The van der Waals surface area contributed by atoms with Crippen LogP contribution in [-0.2, 0) is 11.2 Å². The fraction of sp³-hybridized carbons (Fsp3) is 0.389. The highest BCUT2D eigenvalue weighted by molar-refractivity contribution is 7.92. The topological polar surface area (TPSA) is 90.4 Å². The van der Waals surface area contributed by atoms with Gasteiger partial charge in [0.25, 0.3) is 0 Å². The van der Waals surface area contributed by atoms with Gasteiger partial charge in [-0.15, -0.1) is 0 Å². The highest BCUT2D eigenvalue weighted by Gasteiger charge is 2.54. The number of carbonyl (C=O) groups excluding carboxylic acids is 1. The maximum Gasteiger partial charge on any atom is 0.414 e. The molecule has 156 valence electrons. The first-order valence-electron chi connectivity index (χ1n) is 8.79. The second-order valence-electron chi connectivity index (χ2n) is 6.43. The number of methoxy groups -OCH3 is 1. The smallest absolute Gasteiger partial charge is 0.414 e. The summed E-state index contributed by atoms with van der Waals surface area (Å²) in [6.45, 7) is 0.237. The molecule has 0 aliphatic carbocycles. The zero-order valence-electron chi connectivity index (χ0n) is 15.5. The van der Waals surface area contributed by atoms with Gasteiger partial charge < -0.3 is 19.5 Å². The summed E-state index contributed by atoms with van der Waals surface area (Å²) in [4.78, 5) is 13.6. The quantitative estimate of drug-likeness (QED) is 0.709. The zero-order chi connectivity index (χ0) is 21.0. The number of hydrogen-bond donors (Lipinski definition) is 1. The molecule has 0 saturated carbocycles. The minimum Gasteiger partial charge on any atom is -0.607 e. The van der Waals surface area contributed by atoms with Crippen LogP contribution in [-0.4, -0.2) is 51.1 Å². The third-order valence-electron chi connectivity index (χ3n) is 4.69. The van der Waals surface area contributed by atoms with Gasteiger partial charge in [-0.1, -0.05) is 17.7 Å². The average Bonchev–Trinajstić information content (AvgIpc) is 2.74. The lowest BCUT2D eigenvalue weighted by molar-refractivity contribution is 0.000445. The number of halogens is 3. The maximum atomic E-state index is 14.9. The Morgan fingerprint density at radius 2 is 2.07 bits per heavy atom. The number of urea groups is 1. The van der Waals surface area contributed by atoms with Crippen LogP contribution in [0, 0.1) is 5.92 Å². The first-order valence-corrected chi connectivity index (χ1v) is 10.3. The first-order chi connectivity index (χ1) is 13.8. The van der Waals surface area contributed by atoms with E-state index in [-0.39, 0.29) is 41.6 Å². The van der Waals surface area contributed by atoms with Gasteiger partial charge in [0.1, 0.15) is 10.8 Å². The lowest BCUT2D eigenvalue weighted by Gasteiger charge is -2.35. The van der Waals surface area contributed by atoms with E-state index in [4.69, 9.17) is 16.3 Å². The van der Waals surface area contributed by atoms with Crippen LogP contribution >= 0.6 is 11.6 Å². The minimum atomic E-state index is -3.49. The lowest BCUT2D eigenvalue weighted by atomic mass is 9.97. The number of ether oxygens (including phenoxy) is 1. The highest BCUT2D eigenvalue weighted by atomic mass is 35.5. The summed E-state index contributed by atoms with van der Waals surface area (Å²) in [6, 6.07) is 5.45. The third kappa shape index (κ3) is 4.71. The molecule has 7 nitrogen and oxygen atoms in total. The van der Waals surface area contributed by atoms with Crippen LogP contribution in [0.4, 0.5) is 19.3 Å². The number of nitrogens with zero attached hydrogens (tertiary/aromatic N) is 3. The lowest BCUT2D eigenvalue weighted by Crippen LogP contribution is -2.47. The summed E-state index contributed by atoms with van der Waals surface area (Å²) in [5, 5.41) is 6.34. The molecule has 2 amide bonds. The number of nitrogens with one attached hydrogen (secondary N) is 1. The van der Waals surface area contributed by atoms with Crippen molar-refractivity contribution in [2.75, 3.05) is 25.5 Å². The fourth-order valence-corrected chi connectivity index (χ4v) is 4.79. The van der Waals surface area contributed by atoms with Crippen LogP contribution < -0.4 is 10.1 Å². The van der Waals surface area contributed by atoms with Crippen LogP contribution in [0.25, 0.3) is 0 Å². The minimum absolute atomic E-state index is 0.0162. The van der Waals surface area contributed by atoms with Gasteiger partial charge in [-0.3, -0.25) is 0 Å². The molecule has 1 aromatic carbocycles. The molecule has 1 N–H and O–H groups in total. The van der Waals surface area contributed by atoms with Crippen LogP contribution in [0.1, 0.15) is 12.8 Å². The van der Waals surface area contributed by atoms with Crippen molar-refractivity contribution in [3.8, 4) is 5.75 Å². The molecule has 0 bridgehead atoms. The van der Waals surface area contributed by atoms with Crippen LogP contribution in [0.3, 0.4) is 0 Å². The Labute approximate surface area is 174 Å². The number of likely N-dealkylation sites (tertiary alicyclic amines) is 1. The normalized spacial score (nSPS) is 16.4. The van der Waals surface area contributed by atoms with E-state index < -0.39 is 28.4 Å². The van der Waals surface area contributed by atoms with E-state index in [1.807, 2.05) is 0 Å². The van der Waals surface area contributed by atoms with Crippen LogP contribution in [0.5, 0.6) is 5.75 Å². The van der Waals surface area contributed by atoms with Gasteiger partial charge in [-0.25, -0.2) is 4.79 Å². The van der Waals surface area contributed by atoms with E-state index in [0.29, 0.717) is 5.69 Å². The molecule has 1 aliphatic heterocycles. The first kappa shape index (κ1) is 21.5. The van der Waals surface area contributed by atoms with Gasteiger partial charge in [0.2, 0.25) is 0 Å². The van der Waals surface area contributed by atoms with Gasteiger partial charge in [-0.05, 0) is 31.0 Å². The SMILES string of the molecule is COc1cccc([S+]([O-])C(F)(F)C2CCN(C(=O)Nc3ccnnc3)CC2)c1Cl. The van der Waals surface area contributed by atoms with E-state index in [9.17, 15) is 18.1 Å². The molecule has 2 heterocycles. The van der Waals surface area contributed by atoms with Crippen LogP contribution in [0.15, 0.2) is 41.6 Å². The van der Waals surface area contributed by atoms with Crippen molar-refractivity contribution in [2.45, 2.75) is 23.0 Å². The van der Waals surface area contributed by atoms with E-state index in [2.05, 4.69) is 15.5 Å². The summed E-state index contributed by atoms with van der Waals surface area (Å²) in [5.74, 6) is -0.956. The fourth-order valence-electron chi connectivity index (χ4n) is 3.08. The largest absolute Gasteiger partial charge is 0.607 e. The number of hydrogen-bond acceptors (Lipinski definition) is 5. The molecule has 3 rings (SSSR count).